The van der Waals surface area contributed by atoms with E-state index < -0.39 is 0 Å². The summed E-state index contributed by atoms with van der Waals surface area (Å²) in [6.45, 7) is 6.78. The van der Waals surface area contributed by atoms with Crippen molar-refractivity contribution in [3.63, 3.8) is 0 Å². The molecule has 0 radical (unpaired) electrons. The first-order valence-electron chi connectivity index (χ1n) is 4.48. The molecule has 1 rings (SSSR count). The predicted octanol–water partition coefficient (Wildman–Crippen LogP) is 2.38. The second-order valence-corrected chi connectivity index (χ2v) is 2.50. The van der Waals surface area contributed by atoms with Crippen LogP contribution in [0.2, 0.25) is 0 Å². The van der Waals surface area contributed by atoms with Gasteiger partial charge in [-0.3, -0.25) is 4.79 Å². The molecule has 0 spiro atoms. The molecule has 0 aromatic rings. The van der Waals surface area contributed by atoms with Crippen molar-refractivity contribution >= 4 is 5.97 Å². The molecule has 1 saturated heterocycles. The van der Waals surface area contributed by atoms with E-state index >= 15 is 0 Å². The maximum Gasteiger partial charge on any atom is 0.305 e. The Bertz CT molecular complexity index is 100. The molecule has 0 aromatic heterocycles. The standard InChI is InChI=1S/C7H12O2.C2H6/c1-2-6-3-4-7(8)9-5-6;1-2/h6H,2-5H2,1H3;1-2H3. The van der Waals surface area contributed by atoms with Gasteiger partial charge in [0.25, 0.3) is 0 Å². The molecule has 1 fully saturated rings. The molecule has 2 nitrogen and oxygen atoms in total. The van der Waals surface area contributed by atoms with E-state index in [1.165, 1.54) is 0 Å². The van der Waals surface area contributed by atoms with Gasteiger partial charge in [0.1, 0.15) is 0 Å². The van der Waals surface area contributed by atoms with Gasteiger partial charge in [0, 0.05) is 6.42 Å². The lowest BCUT2D eigenvalue weighted by Crippen LogP contribution is -2.20. The maximum atomic E-state index is 10.5. The van der Waals surface area contributed by atoms with Crippen LogP contribution in [-0.4, -0.2) is 12.6 Å². The van der Waals surface area contributed by atoms with E-state index in [1.54, 1.807) is 0 Å². The summed E-state index contributed by atoms with van der Waals surface area (Å²) in [7, 11) is 0. The number of carbonyl (C=O) groups excluding carboxylic acids is 1. The minimum Gasteiger partial charge on any atom is -0.465 e. The Labute approximate surface area is 68.9 Å². The van der Waals surface area contributed by atoms with Crippen LogP contribution in [0.25, 0.3) is 0 Å². The first-order chi connectivity index (χ1) is 5.33. The van der Waals surface area contributed by atoms with E-state index in [2.05, 4.69) is 6.92 Å². The molecule has 0 aromatic carbocycles. The molecule has 0 aliphatic carbocycles. The lowest BCUT2D eigenvalue weighted by atomic mass is 10.00. The number of cyclic esters (lactones) is 1. The summed E-state index contributed by atoms with van der Waals surface area (Å²) in [5.41, 5.74) is 0. The number of esters is 1. The number of carbonyl (C=O) groups is 1. The summed E-state index contributed by atoms with van der Waals surface area (Å²) in [5, 5.41) is 0. The van der Waals surface area contributed by atoms with E-state index in [0.29, 0.717) is 18.9 Å². The van der Waals surface area contributed by atoms with Crippen LogP contribution in [0, 0.1) is 5.92 Å². The Hall–Kier alpha value is -0.530. The van der Waals surface area contributed by atoms with Gasteiger partial charge >= 0.3 is 5.97 Å². The van der Waals surface area contributed by atoms with Crippen LogP contribution in [0.3, 0.4) is 0 Å². The Morgan fingerprint density at radius 1 is 1.55 bits per heavy atom. The maximum absolute atomic E-state index is 10.5. The van der Waals surface area contributed by atoms with Crippen molar-refractivity contribution in [2.45, 2.75) is 40.0 Å². The van der Waals surface area contributed by atoms with E-state index in [-0.39, 0.29) is 5.97 Å². The average molecular weight is 158 g/mol. The molecule has 11 heavy (non-hydrogen) atoms. The third-order valence-electron chi connectivity index (χ3n) is 1.81. The molecule has 0 amide bonds. The molecule has 1 aliphatic rings. The van der Waals surface area contributed by atoms with E-state index in [9.17, 15) is 4.79 Å². The lowest BCUT2D eigenvalue weighted by molar-refractivity contribution is -0.149. The molecular formula is C9H18O2. The summed E-state index contributed by atoms with van der Waals surface area (Å²) in [4.78, 5) is 10.5. The van der Waals surface area contributed by atoms with Crippen molar-refractivity contribution in [3.8, 4) is 0 Å². The topological polar surface area (TPSA) is 26.3 Å². The van der Waals surface area contributed by atoms with Crippen molar-refractivity contribution in [3.05, 3.63) is 0 Å². The number of hydrogen-bond acceptors (Lipinski definition) is 2. The van der Waals surface area contributed by atoms with Crippen molar-refractivity contribution < 1.29 is 9.53 Å². The second kappa shape index (κ2) is 6.20. The Morgan fingerprint density at radius 3 is 2.55 bits per heavy atom. The van der Waals surface area contributed by atoms with Gasteiger partial charge < -0.3 is 4.74 Å². The fraction of sp³-hybridized carbons (Fsp3) is 0.889. The molecule has 2 heteroatoms. The molecule has 1 heterocycles. The number of ether oxygens (including phenoxy) is 1. The van der Waals surface area contributed by atoms with Gasteiger partial charge in [0.15, 0.2) is 0 Å². The fourth-order valence-electron chi connectivity index (χ4n) is 1.01. The SMILES string of the molecule is CC.CCC1CCC(=O)OC1. The van der Waals surface area contributed by atoms with Crippen molar-refractivity contribution in [1.82, 2.24) is 0 Å². The Morgan fingerprint density at radius 2 is 2.18 bits per heavy atom. The first kappa shape index (κ1) is 10.5. The summed E-state index contributed by atoms with van der Waals surface area (Å²) >= 11 is 0. The van der Waals surface area contributed by atoms with Gasteiger partial charge in [-0.25, -0.2) is 0 Å². The largest absolute Gasteiger partial charge is 0.465 e. The van der Waals surface area contributed by atoms with Gasteiger partial charge in [-0.05, 0) is 12.3 Å². The molecule has 1 aliphatic heterocycles. The summed E-state index contributed by atoms with van der Waals surface area (Å²) < 4.78 is 4.84. The van der Waals surface area contributed by atoms with E-state index in [4.69, 9.17) is 4.74 Å². The summed E-state index contributed by atoms with van der Waals surface area (Å²) in [6, 6.07) is 0. The third kappa shape index (κ3) is 4.02. The zero-order valence-corrected chi connectivity index (χ0v) is 7.72. The Balaban J connectivity index is 0.000000461. The van der Waals surface area contributed by atoms with E-state index in [0.717, 1.165) is 12.8 Å². The minimum atomic E-state index is -0.0281. The number of rotatable bonds is 1. The highest BCUT2D eigenvalue weighted by molar-refractivity contribution is 5.69. The third-order valence-corrected chi connectivity index (χ3v) is 1.81. The molecule has 66 valence electrons. The van der Waals surface area contributed by atoms with Crippen LogP contribution in [0.4, 0.5) is 0 Å². The Kier molecular flexibility index (Phi) is 5.90. The molecule has 0 bridgehead atoms. The first-order valence-corrected chi connectivity index (χ1v) is 4.48. The molecule has 0 N–H and O–H groups in total. The monoisotopic (exact) mass is 158 g/mol. The van der Waals surface area contributed by atoms with Gasteiger partial charge in [-0.1, -0.05) is 27.2 Å². The van der Waals surface area contributed by atoms with Crippen molar-refractivity contribution in [1.29, 1.82) is 0 Å². The van der Waals surface area contributed by atoms with Gasteiger partial charge in [-0.15, -0.1) is 0 Å². The van der Waals surface area contributed by atoms with Crippen LogP contribution < -0.4 is 0 Å². The van der Waals surface area contributed by atoms with Crippen molar-refractivity contribution in [2.24, 2.45) is 5.92 Å². The zero-order chi connectivity index (χ0) is 8.69. The normalized spacial score (nSPS) is 23.2. The second-order valence-electron chi connectivity index (χ2n) is 2.50. The van der Waals surface area contributed by atoms with Crippen LogP contribution in [0.5, 0.6) is 0 Å². The average Bonchev–Trinajstić information content (AvgIpc) is 2.10. The smallest absolute Gasteiger partial charge is 0.305 e. The molecular weight excluding hydrogens is 140 g/mol. The quantitative estimate of drug-likeness (QED) is 0.548. The predicted molar refractivity (Wildman–Crippen MR) is 45.3 cm³/mol. The highest BCUT2D eigenvalue weighted by Gasteiger charge is 2.17. The van der Waals surface area contributed by atoms with Crippen LogP contribution in [-0.2, 0) is 9.53 Å². The van der Waals surface area contributed by atoms with Crippen LogP contribution >= 0.6 is 0 Å². The highest BCUT2D eigenvalue weighted by atomic mass is 16.5. The van der Waals surface area contributed by atoms with Crippen LogP contribution in [0.15, 0.2) is 0 Å². The van der Waals surface area contributed by atoms with Gasteiger partial charge in [0.2, 0.25) is 0 Å². The molecule has 0 saturated carbocycles. The fourth-order valence-corrected chi connectivity index (χ4v) is 1.01. The molecule has 1 unspecified atom stereocenters. The molecule has 1 atom stereocenters. The van der Waals surface area contributed by atoms with Gasteiger partial charge in [0.05, 0.1) is 6.61 Å². The zero-order valence-electron chi connectivity index (χ0n) is 7.72. The minimum absolute atomic E-state index is 0.0281. The highest BCUT2D eigenvalue weighted by Crippen LogP contribution is 2.16. The van der Waals surface area contributed by atoms with Gasteiger partial charge in [-0.2, -0.15) is 0 Å². The summed E-state index contributed by atoms with van der Waals surface area (Å²) in [5.74, 6) is 0.599. The van der Waals surface area contributed by atoms with E-state index in [1.807, 2.05) is 13.8 Å². The van der Waals surface area contributed by atoms with Crippen LogP contribution in [0.1, 0.15) is 40.0 Å². The summed E-state index contributed by atoms with van der Waals surface area (Å²) in [6.07, 6.45) is 2.78. The van der Waals surface area contributed by atoms with Crippen molar-refractivity contribution in [2.75, 3.05) is 6.61 Å². The number of hydrogen-bond donors (Lipinski definition) is 0. The lowest BCUT2D eigenvalue weighted by Gasteiger charge is -2.19.